The highest BCUT2D eigenvalue weighted by Gasteiger charge is 2.23. The van der Waals surface area contributed by atoms with Gasteiger partial charge < -0.3 is 5.32 Å². The van der Waals surface area contributed by atoms with Crippen molar-refractivity contribution in [1.82, 2.24) is 25.2 Å². The lowest BCUT2D eigenvalue weighted by Crippen LogP contribution is -2.19. The Morgan fingerprint density at radius 1 is 1.10 bits per heavy atom. The fourth-order valence-electron chi connectivity index (χ4n) is 4.00. The predicted octanol–water partition coefficient (Wildman–Crippen LogP) is 3.65. The van der Waals surface area contributed by atoms with Gasteiger partial charge in [0, 0.05) is 16.8 Å². The minimum Gasteiger partial charge on any atom is -0.322 e. The van der Waals surface area contributed by atoms with Gasteiger partial charge in [0.2, 0.25) is 0 Å². The van der Waals surface area contributed by atoms with E-state index >= 15 is 0 Å². The van der Waals surface area contributed by atoms with Crippen molar-refractivity contribution < 1.29 is 4.79 Å². The highest BCUT2D eigenvalue weighted by molar-refractivity contribution is 6.13. The Morgan fingerprint density at radius 2 is 2.00 bits per heavy atom. The van der Waals surface area contributed by atoms with Gasteiger partial charge in [0.25, 0.3) is 5.91 Å². The molecule has 0 aliphatic heterocycles. The fourth-order valence-corrected chi connectivity index (χ4v) is 4.00. The summed E-state index contributed by atoms with van der Waals surface area (Å²) < 4.78 is 1.56. The molecule has 2 aromatic carbocycles. The average Bonchev–Trinajstić information content (AvgIpc) is 3.27. The number of carbonyl (C=O) groups is 1. The molecular weight excluding hydrogens is 364 g/mol. The number of hydrogen-bond acceptors (Lipinski definition) is 5. The van der Waals surface area contributed by atoms with E-state index in [0.29, 0.717) is 5.69 Å². The lowest BCUT2D eigenvalue weighted by atomic mass is 9.89. The molecule has 1 amide bonds. The third kappa shape index (κ3) is 3.24. The molecule has 0 radical (unpaired) electrons. The summed E-state index contributed by atoms with van der Waals surface area (Å²) in [5, 5.41) is 15.2. The van der Waals surface area contributed by atoms with E-state index in [1.807, 2.05) is 43.3 Å². The second-order valence-corrected chi connectivity index (χ2v) is 7.40. The number of pyridine rings is 1. The Labute approximate surface area is 167 Å². The van der Waals surface area contributed by atoms with Gasteiger partial charge in [0.1, 0.15) is 6.33 Å². The van der Waals surface area contributed by atoms with Crippen molar-refractivity contribution in [2.45, 2.75) is 32.6 Å². The van der Waals surface area contributed by atoms with E-state index in [0.717, 1.165) is 64.7 Å². The number of carbonyl (C=O) groups excluding carboxylic acids is 1. The average molecular weight is 384 g/mol. The summed E-state index contributed by atoms with van der Waals surface area (Å²) in [5.74, 6) is -0.102. The molecule has 29 heavy (non-hydrogen) atoms. The first kappa shape index (κ1) is 17.5. The van der Waals surface area contributed by atoms with Crippen molar-refractivity contribution in [3.05, 3.63) is 71.2 Å². The van der Waals surface area contributed by atoms with Crippen molar-refractivity contribution >= 4 is 22.5 Å². The third-order valence-corrected chi connectivity index (χ3v) is 5.36. The lowest BCUT2D eigenvalue weighted by Gasteiger charge is -2.20. The maximum atomic E-state index is 13.4. The van der Waals surface area contributed by atoms with Gasteiger partial charge in [-0.3, -0.25) is 9.78 Å². The Morgan fingerprint density at radius 3 is 2.86 bits per heavy atom. The lowest BCUT2D eigenvalue weighted by molar-refractivity contribution is 0.102. The normalized spacial score (nSPS) is 13.3. The summed E-state index contributed by atoms with van der Waals surface area (Å²) in [6.45, 7) is 2.04. The van der Waals surface area contributed by atoms with E-state index in [9.17, 15) is 4.79 Å². The van der Waals surface area contributed by atoms with Crippen LogP contribution >= 0.6 is 0 Å². The molecule has 7 heteroatoms. The van der Waals surface area contributed by atoms with Crippen LogP contribution in [0, 0.1) is 6.92 Å². The number of rotatable bonds is 3. The minimum absolute atomic E-state index is 0.102. The molecule has 1 N–H and O–H groups in total. The summed E-state index contributed by atoms with van der Waals surface area (Å²) in [5.41, 5.74) is 6.37. The van der Waals surface area contributed by atoms with E-state index in [4.69, 9.17) is 4.98 Å². The molecule has 4 aromatic rings. The van der Waals surface area contributed by atoms with Crippen LogP contribution in [0.25, 0.3) is 16.6 Å². The van der Waals surface area contributed by atoms with Crippen LogP contribution in [-0.4, -0.2) is 31.1 Å². The van der Waals surface area contributed by atoms with E-state index in [2.05, 4.69) is 26.9 Å². The van der Waals surface area contributed by atoms with Crippen molar-refractivity contribution in [2.24, 2.45) is 0 Å². The smallest absolute Gasteiger partial charge is 0.256 e. The summed E-state index contributed by atoms with van der Waals surface area (Å²) in [7, 11) is 0. The minimum atomic E-state index is -0.102. The molecule has 1 aliphatic carbocycles. The zero-order chi connectivity index (χ0) is 19.8. The van der Waals surface area contributed by atoms with Gasteiger partial charge in [-0.1, -0.05) is 17.7 Å². The maximum absolute atomic E-state index is 13.4. The largest absolute Gasteiger partial charge is 0.322 e. The van der Waals surface area contributed by atoms with E-state index in [-0.39, 0.29) is 5.91 Å². The molecule has 0 bridgehead atoms. The predicted molar refractivity (Wildman–Crippen MR) is 110 cm³/mol. The molecule has 7 nitrogen and oxygen atoms in total. The Bertz CT molecular complexity index is 1220. The second-order valence-electron chi connectivity index (χ2n) is 7.40. The first-order valence-electron chi connectivity index (χ1n) is 9.76. The van der Waals surface area contributed by atoms with Crippen LogP contribution in [0.5, 0.6) is 0 Å². The Balaban J connectivity index is 1.58. The summed E-state index contributed by atoms with van der Waals surface area (Å²) in [6, 6.07) is 13.6. The van der Waals surface area contributed by atoms with Crippen LogP contribution in [0.15, 0.2) is 48.8 Å². The van der Waals surface area contributed by atoms with Gasteiger partial charge in [-0.2, -0.15) is 0 Å². The van der Waals surface area contributed by atoms with Gasteiger partial charge in [0.05, 0.1) is 16.8 Å². The van der Waals surface area contributed by atoms with E-state index in [1.54, 1.807) is 4.68 Å². The molecule has 0 unspecified atom stereocenters. The first-order chi connectivity index (χ1) is 14.2. The number of tetrazole rings is 1. The monoisotopic (exact) mass is 384 g/mol. The molecule has 0 saturated carbocycles. The standard InChI is InChI=1S/C22H20N6O/c1-14-9-10-20-18(11-14)21(17-7-2-3-8-19(17)25-20)22(29)24-15-5-4-6-16(12-15)28-13-23-26-27-28/h4-6,9-13H,2-3,7-8H2,1H3,(H,24,29). The number of benzene rings is 2. The maximum Gasteiger partial charge on any atom is 0.256 e. The number of nitrogens with one attached hydrogen (secondary N) is 1. The van der Waals surface area contributed by atoms with Crippen molar-refractivity contribution in [2.75, 3.05) is 5.32 Å². The molecule has 0 saturated heterocycles. The SMILES string of the molecule is Cc1ccc2nc3c(c(C(=O)Nc4cccc(-n5cnnn5)c4)c2c1)CCCC3. The third-order valence-electron chi connectivity index (χ3n) is 5.36. The highest BCUT2D eigenvalue weighted by Crippen LogP contribution is 2.30. The van der Waals surface area contributed by atoms with Gasteiger partial charge in [-0.05, 0) is 78.9 Å². The van der Waals surface area contributed by atoms with Gasteiger partial charge in [-0.25, -0.2) is 4.68 Å². The number of anilines is 1. The van der Waals surface area contributed by atoms with Crippen LogP contribution in [0.4, 0.5) is 5.69 Å². The fraction of sp³-hybridized carbons (Fsp3) is 0.227. The van der Waals surface area contributed by atoms with Crippen LogP contribution in [0.3, 0.4) is 0 Å². The molecule has 2 heterocycles. The number of nitrogens with zero attached hydrogens (tertiary/aromatic N) is 5. The Hall–Kier alpha value is -3.61. The molecule has 0 atom stereocenters. The van der Waals surface area contributed by atoms with Crippen molar-refractivity contribution in [3.63, 3.8) is 0 Å². The second kappa shape index (κ2) is 7.09. The number of amides is 1. The zero-order valence-electron chi connectivity index (χ0n) is 16.1. The Kier molecular flexibility index (Phi) is 4.27. The molecule has 5 rings (SSSR count). The summed E-state index contributed by atoms with van der Waals surface area (Å²) >= 11 is 0. The molecule has 2 aromatic heterocycles. The summed E-state index contributed by atoms with van der Waals surface area (Å²) in [4.78, 5) is 18.3. The quantitative estimate of drug-likeness (QED) is 0.583. The first-order valence-corrected chi connectivity index (χ1v) is 9.76. The molecule has 0 fully saturated rings. The topological polar surface area (TPSA) is 85.6 Å². The molecule has 1 aliphatic rings. The van der Waals surface area contributed by atoms with Gasteiger partial charge >= 0.3 is 0 Å². The number of aryl methyl sites for hydroxylation is 2. The van der Waals surface area contributed by atoms with Crippen molar-refractivity contribution in [1.29, 1.82) is 0 Å². The van der Waals surface area contributed by atoms with Gasteiger partial charge in [0.15, 0.2) is 0 Å². The zero-order valence-corrected chi connectivity index (χ0v) is 16.1. The van der Waals surface area contributed by atoms with E-state index < -0.39 is 0 Å². The van der Waals surface area contributed by atoms with E-state index in [1.165, 1.54) is 6.33 Å². The van der Waals surface area contributed by atoms with Crippen molar-refractivity contribution in [3.8, 4) is 5.69 Å². The molecule has 144 valence electrons. The van der Waals surface area contributed by atoms with Crippen LogP contribution < -0.4 is 5.32 Å². The molecule has 0 spiro atoms. The number of fused-ring (bicyclic) bond motifs is 2. The number of aromatic nitrogens is 5. The van der Waals surface area contributed by atoms with Gasteiger partial charge in [-0.15, -0.1) is 5.10 Å². The van der Waals surface area contributed by atoms with Crippen LogP contribution in [0.1, 0.15) is 40.0 Å². The molecular formula is C22H20N6O. The van der Waals surface area contributed by atoms with Crippen LogP contribution in [0.2, 0.25) is 0 Å². The number of hydrogen-bond donors (Lipinski definition) is 1. The van der Waals surface area contributed by atoms with Crippen LogP contribution in [-0.2, 0) is 12.8 Å². The summed E-state index contributed by atoms with van der Waals surface area (Å²) in [6.07, 6.45) is 5.54. The highest BCUT2D eigenvalue weighted by atomic mass is 16.1.